The molecule has 0 aliphatic carbocycles. The molecule has 2 aromatic carbocycles. The third-order valence-corrected chi connectivity index (χ3v) is 6.48. The lowest BCUT2D eigenvalue weighted by atomic mass is 9.68. The van der Waals surface area contributed by atoms with Crippen LogP contribution in [0, 0.1) is 16.2 Å². The van der Waals surface area contributed by atoms with E-state index in [4.69, 9.17) is 5.41 Å². The van der Waals surface area contributed by atoms with Crippen molar-refractivity contribution in [3.63, 3.8) is 0 Å². The van der Waals surface area contributed by atoms with Crippen molar-refractivity contribution < 1.29 is 9.90 Å². The first-order chi connectivity index (χ1) is 14.6. The Hall–Kier alpha value is -2.86. The minimum absolute atomic E-state index is 0.0193. The molecule has 0 atom stereocenters. The molecule has 1 aliphatic heterocycles. The summed E-state index contributed by atoms with van der Waals surface area (Å²) >= 11 is 0. The predicted molar refractivity (Wildman–Crippen MR) is 121 cm³/mol. The number of rotatable bonds is 4. The molecule has 0 radical (unpaired) electrons. The number of fused-ring (bicyclic) bond motifs is 1. The molecule has 0 spiro atoms. The SMILES string of the molecule is CC1(C)CN(C(=O)Cn2c(=N)n(Cc3ccccc3)c3ccccc32)CC(C)(C)C1O. The van der Waals surface area contributed by atoms with E-state index in [-0.39, 0.29) is 23.3 Å². The fourth-order valence-corrected chi connectivity index (χ4v) is 5.06. The summed E-state index contributed by atoms with van der Waals surface area (Å²) in [6, 6.07) is 17.9. The van der Waals surface area contributed by atoms with Gasteiger partial charge in [0.05, 0.1) is 23.7 Å². The zero-order valence-electron chi connectivity index (χ0n) is 18.8. The van der Waals surface area contributed by atoms with Crippen LogP contribution in [0.4, 0.5) is 0 Å². The van der Waals surface area contributed by atoms with Crippen molar-refractivity contribution in [1.82, 2.24) is 14.0 Å². The topological polar surface area (TPSA) is 74.2 Å². The normalized spacial score (nSPS) is 18.4. The molecule has 1 saturated heterocycles. The summed E-state index contributed by atoms with van der Waals surface area (Å²) in [5.74, 6) is -0.0193. The Balaban J connectivity index is 1.67. The van der Waals surface area contributed by atoms with E-state index in [2.05, 4.69) is 0 Å². The second kappa shape index (κ2) is 7.68. The first-order valence-corrected chi connectivity index (χ1v) is 10.8. The number of aliphatic hydroxyl groups is 1. The van der Waals surface area contributed by atoms with Crippen LogP contribution in [0.15, 0.2) is 54.6 Å². The summed E-state index contributed by atoms with van der Waals surface area (Å²) < 4.78 is 3.75. The number of nitrogens with zero attached hydrogens (tertiary/aromatic N) is 3. The summed E-state index contributed by atoms with van der Waals surface area (Å²) in [7, 11) is 0. The second-order valence-corrected chi connectivity index (χ2v) is 10.1. The molecule has 1 aliphatic rings. The fourth-order valence-electron chi connectivity index (χ4n) is 5.06. The fraction of sp³-hybridized carbons (Fsp3) is 0.440. The monoisotopic (exact) mass is 420 g/mol. The smallest absolute Gasteiger partial charge is 0.242 e. The van der Waals surface area contributed by atoms with Gasteiger partial charge in [0.25, 0.3) is 0 Å². The molecule has 2 heterocycles. The summed E-state index contributed by atoms with van der Waals surface area (Å²) in [6.07, 6.45) is -0.476. The first kappa shape index (κ1) is 21.4. The van der Waals surface area contributed by atoms with Crippen LogP contribution in [0.5, 0.6) is 0 Å². The van der Waals surface area contributed by atoms with Crippen LogP contribution in [-0.2, 0) is 17.9 Å². The van der Waals surface area contributed by atoms with E-state index in [0.29, 0.717) is 25.3 Å². The van der Waals surface area contributed by atoms with Crippen molar-refractivity contribution in [2.24, 2.45) is 10.8 Å². The maximum Gasteiger partial charge on any atom is 0.242 e. The summed E-state index contributed by atoms with van der Waals surface area (Å²) in [6.45, 7) is 9.74. The Bertz CT molecular complexity index is 1140. The number of hydrogen-bond acceptors (Lipinski definition) is 3. The van der Waals surface area contributed by atoms with E-state index < -0.39 is 6.10 Å². The van der Waals surface area contributed by atoms with E-state index in [9.17, 15) is 9.90 Å². The van der Waals surface area contributed by atoms with Gasteiger partial charge in [0.1, 0.15) is 6.54 Å². The maximum absolute atomic E-state index is 13.3. The van der Waals surface area contributed by atoms with Crippen LogP contribution in [0.3, 0.4) is 0 Å². The van der Waals surface area contributed by atoms with Gasteiger partial charge in [-0.1, -0.05) is 70.2 Å². The number of piperidine rings is 1. The second-order valence-electron chi connectivity index (χ2n) is 10.1. The summed E-state index contributed by atoms with van der Waals surface area (Å²) in [5.41, 5.74) is 2.49. The minimum Gasteiger partial charge on any atom is -0.392 e. The summed E-state index contributed by atoms with van der Waals surface area (Å²) in [5, 5.41) is 19.5. The van der Waals surface area contributed by atoms with Gasteiger partial charge in [0.15, 0.2) is 0 Å². The van der Waals surface area contributed by atoms with E-state index in [1.165, 1.54) is 0 Å². The number of aromatic nitrogens is 2. The zero-order chi connectivity index (χ0) is 22.4. The molecule has 1 amide bonds. The highest BCUT2D eigenvalue weighted by molar-refractivity contribution is 5.81. The lowest BCUT2D eigenvalue weighted by Gasteiger charge is -2.50. The number of imidazole rings is 1. The van der Waals surface area contributed by atoms with Gasteiger partial charge in [-0.15, -0.1) is 0 Å². The van der Waals surface area contributed by atoms with Crippen molar-refractivity contribution >= 4 is 16.9 Å². The lowest BCUT2D eigenvalue weighted by Crippen LogP contribution is -2.60. The van der Waals surface area contributed by atoms with Crippen LogP contribution in [0.1, 0.15) is 33.3 Å². The van der Waals surface area contributed by atoms with E-state index in [0.717, 1.165) is 16.6 Å². The Kier molecular flexibility index (Phi) is 5.30. The zero-order valence-corrected chi connectivity index (χ0v) is 18.8. The third-order valence-electron chi connectivity index (χ3n) is 6.48. The number of likely N-dealkylation sites (tertiary alicyclic amines) is 1. The van der Waals surface area contributed by atoms with E-state index in [1.54, 1.807) is 4.57 Å². The standard InChI is InChI=1S/C25H32N4O2/c1-24(2)16-27(17-25(3,4)22(24)31)21(30)15-29-20-13-9-8-12-19(20)28(23(29)26)14-18-10-6-5-7-11-18/h5-13,22,26,31H,14-17H2,1-4H3. The highest BCUT2D eigenvalue weighted by Gasteiger charge is 2.47. The van der Waals surface area contributed by atoms with Crippen molar-refractivity contribution in [3.8, 4) is 0 Å². The quantitative estimate of drug-likeness (QED) is 0.680. The average Bonchev–Trinajstić information content (AvgIpc) is 2.98. The number of amides is 1. The number of aliphatic hydroxyl groups excluding tert-OH is 1. The Labute approximate surface area is 183 Å². The molecule has 0 bridgehead atoms. The number of para-hydroxylation sites is 2. The highest BCUT2D eigenvalue weighted by Crippen LogP contribution is 2.40. The number of carbonyl (C=O) groups excluding carboxylic acids is 1. The largest absolute Gasteiger partial charge is 0.392 e. The molecule has 3 aromatic rings. The molecule has 4 rings (SSSR count). The third kappa shape index (κ3) is 3.92. The number of hydrogen-bond donors (Lipinski definition) is 2. The van der Waals surface area contributed by atoms with Gasteiger partial charge in [-0.2, -0.15) is 0 Å². The highest BCUT2D eigenvalue weighted by atomic mass is 16.3. The lowest BCUT2D eigenvalue weighted by molar-refractivity contribution is -0.151. The van der Waals surface area contributed by atoms with Gasteiger partial charge in [-0.3, -0.25) is 10.2 Å². The molecule has 1 aromatic heterocycles. The predicted octanol–water partition coefficient (Wildman–Crippen LogP) is 3.23. The van der Waals surface area contributed by atoms with Crippen LogP contribution < -0.4 is 5.62 Å². The summed E-state index contributed by atoms with van der Waals surface area (Å²) in [4.78, 5) is 15.2. The Morgan fingerprint density at radius 2 is 1.45 bits per heavy atom. The number of benzene rings is 2. The molecule has 6 heteroatoms. The number of carbonyl (C=O) groups is 1. The van der Waals surface area contributed by atoms with Gasteiger partial charge >= 0.3 is 0 Å². The molecule has 164 valence electrons. The Morgan fingerprint density at radius 1 is 0.935 bits per heavy atom. The van der Waals surface area contributed by atoms with Gasteiger partial charge in [0, 0.05) is 23.9 Å². The van der Waals surface area contributed by atoms with Gasteiger partial charge in [0.2, 0.25) is 11.5 Å². The molecular weight excluding hydrogens is 388 g/mol. The average molecular weight is 421 g/mol. The molecule has 0 saturated carbocycles. The number of nitrogens with one attached hydrogen (secondary N) is 1. The van der Waals surface area contributed by atoms with Crippen molar-refractivity contribution in [2.75, 3.05) is 13.1 Å². The van der Waals surface area contributed by atoms with E-state index >= 15 is 0 Å². The van der Waals surface area contributed by atoms with Crippen molar-refractivity contribution in [2.45, 2.75) is 46.9 Å². The molecule has 6 nitrogen and oxygen atoms in total. The molecule has 1 fully saturated rings. The van der Waals surface area contributed by atoms with Gasteiger partial charge in [-0.05, 0) is 17.7 Å². The van der Waals surface area contributed by atoms with Crippen molar-refractivity contribution in [3.05, 3.63) is 65.8 Å². The van der Waals surface area contributed by atoms with Crippen LogP contribution in [0.25, 0.3) is 11.0 Å². The van der Waals surface area contributed by atoms with E-state index in [1.807, 2.05) is 91.8 Å². The van der Waals surface area contributed by atoms with Gasteiger partial charge in [-0.25, -0.2) is 0 Å². The molecular formula is C25H32N4O2. The van der Waals surface area contributed by atoms with Crippen molar-refractivity contribution in [1.29, 1.82) is 5.41 Å². The maximum atomic E-state index is 13.3. The first-order valence-electron chi connectivity index (χ1n) is 10.8. The van der Waals surface area contributed by atoms with Crippen LogP contribution in [0.2, 0.25) is 0 Å². The molecule has 31 heavy (non-hydrogen) atoms. The Morgan fingerprint density at radius 3 is 2.03 bits per heavy atom. The van der Waals surface area contributed by atoms with Gasteiger partial charge < -0.3 is 19.1 Å². The van der Waals surface area contributed by atoms with Crippen LogP contribution in [-0.4, -0.2) is 44.2 Å². The minimum atomic E-state index is -0.476. The van der Waals surface area contributed by atoms with Crippen LogP contribution >= 0.6 is 0 Å². The molecule has 0 unspecified atom stereocenters. The molecule has 2 N–H and O–H groups in total.